The van der Waals surface area contributed by atoms with Crippen LogP contribution >= 0.6 is 0 Å². The molecule has 2 heterocycles. The minimum atomic E-state index is -1.65. The first-order valence-corrected chi connectivity index (χ1v) is 21.8. The highest BCUT2D eigenvalue weighted by atomic mass is 16.7. The third-order valence-electron chi connectivity index (χ3n) is 16.9. The average molecular weight is 843 g/mol. The topological polar surface area (TPSA) is 245 Å². The third-order valence-corrected chi connectivity index (χ3v) is 16.9. The molecule has 6 fully saturated rings. The lowest BCUT2D eigenvalue weighted by molar-refractivity contribution is -0.349. The summed E-state index contributed by atoms with van der Waals surface area (Å²) in [5.74, 6) is -1.46. The zero-order chi connectivity index (χ0) is 43.8. The molecule has 6 aliphatic rings. The Kier molecular flexibility index (Phi) is 13.6. The first kappa shape index (κ1) is 47.2. The van der Waals surface area contributed by atoms with Gasteiger partial charge in [-0.1, -0.05) is 46.3 Å². The summed E-state index contributed by atoms with van der Waals surface area (Å²) in [6, 6.07) is 0. The first-order valence-electron chi connectivity index (χ1n) is 21.8. The number of fused-ring (bicyclic) bond motifs is 5. The Balaban J connectivity index is 1.38. The quantitative estimate of drug-likeness (QED) is 0.0817. The zero-order valence-corrected chi connectivity index (χ0v) is 36.4. The van der Waals surface area contributed by atoms with Crippen molar-refractivity contribution < 1.29 is 74.4 Å². The maximum atomic E-state index is 12.6. The van der Waals surface area contributed by atoms with E-state index < -0.39 is 120 Å². The minimum Gasteiger partial charge on any atom is -0.463 e. The van der Waals surface area contributed by atoms with E-state index in [2.05, 4.69) is 26.8 Å². The standard InChI is InChI=1S/C44H74O15/c1-21(2)11-10-14-44(9,59-39-36(54)33(51)31(49)26(19-45)57-39)23-12-16-42(7)30(23)24(47)17-28-41(6)15-13-29(48)40(4,5)37(41)25(18-43(28,42)8)56-38-35(53)34(52)32(50)27(58-38)20-55-22(3)46/h11,23-39,45,47-54H,10,12-20H2,1-9H3. The molecular weight excluding hydrogens is 768 g/mol. The number of ether oxygens (including phenoxy) is 5. The SMILES string of the molecule is CC(=O)OCC1OC(OC2CC3(C)C(CC(O)C4C(C(C)(CCC=C(C)C)OC5OC(CO)C(O)C(O)C5O)CCC43C)C3(C)CCC(O)C(C)(C)C23)C(O)C(O)C1O. The molecule has 21 unspecified atom stereocenters. The van der Waals surface area contributed by atoms with Crippen molar-refractivity contribution in [2.75, 3.05) is 13.2 Å². The van der Waals surface area contributed by atoms with Crippen molar-refractivity contribution in [1.82, 2.24) is 0 Å². The molecular formula is C44H74O15. The number of rotatable bonds is 11. The summed E-state index contributed by atoms with van der Waals surface area (Å²) in [6.45, 7) is 17.1. The fraction of sp³-hybridized carbons (Fsp3) is 0.932. The molecule has 2 aliphatic heterocycles. The van der Waals surface area contributed by atoms with Crippen molar-refractivity contribution in [3.8, 4) is 0 Å². The Labute approximate surface area is 349 Å². The van der Waals surface area contributed by atoms with E-state index in [0.29, 0.717) is 51.4 Å². The second-order valence-electron chi connectivity index (χ2n) is 20.9. The number of aliphatic hydroxyl groups is 9. The Hall–Kier alpha value is -1.31. The zero-order valence-electron chi connectivity index (χ0n) is 36.4. The van der Waals surface area contributed by atoms with Crippen LogP contribution in [0.3, 0.4) is 0 Å². The molecule has 0 radical (unpaired) electrons. The highest BCUT2D eigenvalue weighted by Gasteiger charge is 2.74. The molecule has 0 bridgehead atoms. The predicted octanol–water partition coefficient (Wildman–Crippen LogP) is 1.69. The fourth-order valence-electron chi connectivity index (χ4n) is 13.6. The summed E-state index contributed by atoms with van der Waals surface area (Å²) in [4.78, 5) is 11.7. The molecule has 15 heteroatoms. The number of hydrogen-bond donors (Lipinski definition) is 9. The third kappa shape index (κ3) is 7.99. The molecule has 59 heavy (non-hydrogen) atoms. The summed E-state index contributed by atoms with van der Waals surface area (Å²) < 4.78 is 30.8. The van der Waals surface area contributed by atoms with E-state index in [1.165, 1.54) is 6.92 Å². The number of allylic oxidation sites excluding steroid dienone is 2. The average Bonchev–Trinajstić information content (AvgIpc) is 3.54. The molecule has 21 atom stereocenters. The van der Waals surface area contributed by atoms with Crippen LogP contribution in [0.4, 0.5) is 0 Å². The molecule has 0 aromatic carbocycles. The van der Waals surface area contributed by atoms with Gasteiger partial charge in [-0.15, -0.1) is 0 Å². The van der Waals surface area contributed by atoms with E-state index in [4.69, 9.17) is 23.7 Å². The molecule has 2 saturated heterocycles. The van der Waals surface area contributed by atoms with E-state index in [1.54, 1.807) is 0 Å². The van der Waals surface area contributed by atoms with Gasteiger partial charge in [0.1, 0.15) is 55.4 Å². The summed E-state index contributed by atoms with van der Waals surface area (Å²) in [5, 5.41) is 99.6. The van der Waals surface area contributed by atoms with Crippen LogP contribution in [-0.2, 0) is 28.5 Å². The van der Waals surface area contributed by atoms with Crippen LogP contribution < -0.4 is 0 Å². The second-order valence-corrected chi connectivity index (χ2v) is 20.9. The van der Waals surface area contributed by atoms with Crippen LogP contribution in [0, 0.1) is 45.3 Å². The smallest absolute Gasteiger partial charge is 0.302 e. The Bertz CT molecular complexity index is 1520. The van der Waals surface area contributed by atoms with Crippen LogP contribution in [0.25, 0.3) is 0 Å². The predicted molar refractivity (Wildman–Crippen MR) is 212 cm³/mol. The van der Waals surface area contributed by atoms with Crippen LogP contribution in [0.5, 0.6) is 0 Å². The van der Waals surface area contributed by atoms with E-state index in [9.17, 15) is 50.8 Å². The minimum absolute atomic E-state index is 0.0220. The number of aliphatic hydroxyl groups excluding tert-OH is 9. The van der Waals surface area contributed by atoms with Gasteiger partial charge in [0.05, 0.1) is 30.5 Å². The lowest BCUT2D eigenvalue weighted by Gasteiger charge is -2.72. The van der Waals surface area contributed by atoms with Gasteiger partial charge in [0, 0.05) is 6.92 Å². The van der Waals surface area contributed by atoms with E-state index in [0.717, 1.165) is 5.57 Å². The van der Waals surface area contributed by atoms with Crippen LogP contribution in [-0.4, -0.2) is 150 Å². The molecule has 9 N–H and O–H groups in total. The Morgan fingerprint density at radius 2 is 1.41 bits per heavy atom. The number of carbonyl (C=O) groups is 1. The van der Waals surface area contributed by atoms with Gasteiger partial charge in [-0.3, -0.25) is 4.79 Å². The largest absolute Gasteiger partial charge is 0.463 e. The number of esters is 1. The van der Waals surface area contributed by atoms with Crippen LogP contribution in [0.15, 0.2) is 11.6 Å². The van der Waals surface area contributed by atoms with Crippen molar-refractivity contribution in [2.24, 2.45) is 45.3 Å². The highest BCUT2D eigenvalue weighted by molar-refractivity contribution is 5.65. The maximum Gasteiger partial charge on any atom is 0.302 e. The summed E-state index contributed by atoms with van der Waals surface area (Å²) in [5.41, 5.74) is -2.05. The summed E-state index contributed by atoms with van der Waals surface area (Å²) in [6.07, 6.45) is -9.91. The molecule has 4 saturated carbocycles. The van der Waals surface area contributed by atoms with Crippen molar-refractivity contribution in [3.05, 3.63) is 11.6 Å². The second kappa shape index (κ2) is 17.0. The molecule has 340 valence electrons. The van der Waals surface area contributed by atoms with Crippen molar-refractivity contribution in [3.63, 3.8) is 0 Å². The Morgan fingerprint density at radius 1 is 0.797 bits per heavy atom. The molecule has 0 aromatic heterocycles. The molecule has 6 rings (SSSR count). The monoisotopic (exact) mass is 843 g/mol. The highest BCUT2D eigenvalue weighted by Crippen LogP contribution is 2.76. The lowest BCUT2D eigenvalue weighted by atomic mass is 9.34. The van der Waals surface area contributed by atoms with Gasteiger partial charge in [-0.2, -0.15) is 0 Å². The van der Waals surface area contributed by atoms with Crippen molar-refractivity contribution in [2.45, 2.75) is 199 Å². The van der Waals surface area contributed by atoms with Crippen LogP contribution in [0.1, 0.15) is 114 Å². The Morgan fingerprint density at radius 3 is 2.02 bits per heavy atom. The van der Waals surface area contributed by atoms with Gasteiger partial charge in [0.15, 0.2) is 12.6 Å². The van der Waals surface area contributed by atoms with Gasteiger partial charge in [0.2, 0.25) is 0 Å². The molecule has 0 aromatic rings. The number of hydrogen-bond acceptors (Lipinski definition) is 15. The fourth-order valence-corrected chi connectivity index (χ4v) is 13.6. The van der Waals surface area contributed by atoms with Gasteiger partial charge < -0.3 is 69.6 Å². The van der Waals surface area contributed by atoms with Gasteiger partial charge in [0.25, 0.3) is 0 Å². The lowest BCUT2D eigenvalue weighted by Crippen LogP contribution is -2.71. The number of carbonyl (C=O) groups excluding carboxylic acids is 1. The van der Waals surface area contributed by atoms with E-state index in [1.807, 2.05) is 34.6 Å². The van der Waals surface area contributed by atoms with E-state index >= 15 is 0 Å². The summed E-state index contributed by atoms with van der Waals surface area (Å²) >= 11 is 0. The van der Waals surface area contributed by atoms with Gasteiger partial charge in [-0.25, -0.2) is 0 Å². The van der Waals surface area contributed by atoms with Crippen molar-refractivity contribution >= 4 is 5.97 Å². The normalized spacial score (nSPS) is 50.4. The molecule has 15 nitrogen and oxygen atoms in total. The van der Waals surface area contributed by atoms with E-state index in [-0.39, 0.29) is 30.3 Å². The first-order chi connectivity index (χ1) is 27.4. The molecule has 0 spiro atoms. The summed E-state index contributed by atoms with van der Waals surface area (Å²) in [7, 11) is 0. The molecule has 4 aliphatic carbocycles. The van der Waals surface area contributed by atoms with Crippen molar-refractivity contribution in [1.29, 1.82) is 0 Å². The van der Waals surface area contributed by atoms with Gasteiger partial charge >= 0.3 is 5.97 Å². The van der Waals surface area contributed by atoms with Gasteiger partial charge in [-0.05, 0) is 117 Å². The maximum absolute atomic E-state index is 12.6. The van der Waals surface area contributed by atoms with Crippen LogP contribution in [0.2, 0.25) is 0 Å². The molecule has 0 amide bonds.